The van der Waals surface area contributed by atoms with Gasteiger partial charge in [-0.1, -0.05) is 6.92 Å². The molecule has 1 heterocycles. The predicted octanol–water partition coefficient (Wildman–Crippen LogP) is 2.94. The molecule has 122 valence electrons. The zero-order valence-electron chi connectivity index (χ0n) is 13.6. The van der Waals surface area contributed by atoms with Gasteiger partial charge in [0.15, 0.2) is 0 Å². The van der Waals surface area contributed by atoms with Crippen LogP contribution in [0.5, 0.6) is 5.75 Å². The van der Waals surface area contributed by atoms with Gasteiger partial charge in [0.2, 0.25) is 0 Å². The van der Waals surface area contributed by atoms with Crippen molar-refractivity contribution in [1.29, 1.82) is 0 Å². The molecule has 5 heteroatoms. The number of urea groups is 1. The Morgan fingerprint density at radius 3 is 2.59 bits per heavy atom. The van der Waals surface area contributed by atoms with Crippen LogP contribution >= 0.6 is 0 Å². The highest BCUT2D eigenvalue weighted by Crippen LogP contribution is 2.16. The average molecular weight is 305 g/mol. The van der Waals surface area contributed by atoms with Gasteiger partial charge in [0, 0.05) is 12.2 Å². The van der Waals surface area contributed by atoms with Gasteiger partial charge < -0.3 is 20.3 Å². The molecule has 2 N–H and O–H groups in total. The molecule has 2 rings (SSSR count). The lowest BCUT2D eigenvalue weighted by Crippen LogP contribution is -2.36. The summed E-state index contributed by atoms with van der Waals surface area (Å²) in [5, 5.41) is 5.72. The van der Waals surface area contributed by atoms with Crippen molar-refractivity contribution >= 4 is 11.7 Å². The van der Waals surface area contributed by atoms with Crippen LogP contribution < -0.4 is 15.4 Å². The second-order valence-corrected chi connectivity index (χ2v) is 5.99. The molecule has 2 amide bonds. The second-order valence-electron chi connectivity index (χ2n) is 5.99. The summed E-state index contributed by atoms with van der Waals surface area (Å²) in [7, 11) is 1.62. The number of nitrogens with one attached hydrogen (secondary N) is 2. The maximum atomic E-state index is 11.8. The summed E-state index contributed by atoms with van der Waals surface area (Å²) < 4.78 is 5.08. The number of ether oxygens (including phenoxy) is 1. The van der Waals surface area contributed by atoms with Crippen LogP contribution in [0, 0.1) is 5.92 Å². The first-order valence-corrected chi connectivity index (χ1v) is 8.08. The third-order valence-electron chi connectivity index (χ3n) is 4.16. The number of anilines is 1. The summed E-state index contributed by atoms with van der Waals surface area (Å²) in [6, 6.07) is 7.15. The van der Waals surface area contributed by atoms with E-state index in [0.29, 0.717) is 6.54 Å². The number of amides is 2. The summed E-state index contributed by atoms with van der Waals surface area (Å²) in [5.74, 6) is 1.64. The maximum absolute atomic E-state index is 11.8. The highest BCUT2D eigenvalue weighted by Gasteiger charge is 2.14. The zero-order chi connectivity index (χ0) is 15.8. The molecular formula is C17H27N3O2. The number of piperidine rings is 1. The number of hydrogen-bond acceptors (Lipinski definition) is 3. The molecule has 5 nitrogen and oxygen atoms in total. The monoisotopic (exact) mass is 305 g/mol. The van der Waals surface area contributed by atoms with E-state index in [4.69, 9.17) is 4.74 Å². The van der Waals surface area contributed by atoms with E-state index < -0.39 is 0 Å². The van der Waals surface area contributed by atoms with Gasteiger partial charge in [-0.3, -0.25) is 0 Å². The van der Waals surface area contributed by atoms with Crippen molar-refractivity contribution in [3.05, 3.63) is 24.3 Å². The van der Waals surface area contributed by atoms with Gasteiger partial charge in [-0.15, -0.1) is 0 Å². The van der Waals surface area contributed by atoms with E-state index >= 15 is 0 Å². The van der Waals surface area contributed by atoms with Gasteiger partial charge in [-0.2, -0.15) is 0 Å². The highest BCUT2D eigenvalue weighted by molar-refractivity contribution is 5.89. The van der Waals surface area contributed by atoms with Gasteiger partial charge in [0.05, 0.1) is 7.11 Å². The lowest BCUT2D eigenvalue weighted by atomic mass is 9.99. The van der Waals surface area contributed by atoms with Crippen LogP contribution in [0.4, 0.5) is 10.5 Å². The summed E-state index contributed by atoms with van der Waals surface area (Å²) in [6.45, 7) is 6.48. The van der Waals surface area contributed by atoms with Crippen LogP contribution in [0.2, 0.25) is 0 Å². The second kappa shape index (κ2) is 8.63. The Morgan fingerprint density at radius 1 is 1.27 bits per heavy atom. The first-order valence-electron chi connectivity index (χ1n) is 8.08. The summed E-state index contributed by atoms with van der Waals surface area (Å²) in [6.07, 6.45) is 3.58. The van der Waals surface area contributed by atoms with Crippen molar-refractivity contribution in [3.8, 4) is 5.75 Å². The Balaban J connectivity index is 1.59. The van der Waals surface area contributed by atoms with Crippen LogP contribution in [0.15, 0.2) is 24.3 Å². The fourth-order valence-corrected chi connectivity index (χ4v) is 2.64. The minimum absolute atomic E-state index is 0.155. The average Bonchev–Trinajstić information content (AvgIpc) is 2.54. The minimum atomic E-state index is -0.155. The molecule has 0 spiro atoms. The van der Waals surface area contributed by atoms with E-state index in [0.717, 1.165) is 30.3 Å². The fraction of sp³-hybridized carbons (Fsp3) is 0.588. The van der Waals surface area contributed by atoms with E-state index in [2.05, 4.69) is 22.5 Å². The van der Waals surface area contributed by atoms with E-state index in [1.807, 2.05) is 24.3 Å². The lowest BCUT2D eigenvalue weighted by molar-refractivity contribution is 0.190. The molecule has 0 unspecified atom stereocenters. The van der Waals surface area contributed by atoms with Gasteiger partial charge in [0.25, 0.3) is 0 Å². The van der Waals surface area contributed by atoms with E-state index in [9.17, 15) is 4.79 Å². The van der Waals surface area contributed by atoms with Crippen LogP contribution in [0.1, 0.15) is 26.2 Å². The predicted molar refractivity (Wildman–Crippen MR) is 89.5 cm³/mol. The SMILES string of the molecule is COc1ccc(NC(=O)NCCCN2CCC(C)CC2)cc1. The molecule has 0 saturated carbocycles. The highest BCUT2D eigenvalue weighted by atomic mass is 16.5. The maximum Gasteiger partial charge on any atom is 0.319 e. The molecule has 22 heavy (non-hydrogen) atoms. The molecule has 1 saturated heterocycles. The van der Waals surface area contributed by atoms with E-state index in [1.54, 1.807) is 7.11 Å². The number of carbonyl (C=O) groups is 1. The zero-order valence-corrected chi connectivity index (χ0v) is 13.6. The third kappa shape index (κ3) is 5.56. The number of rotatable bonds is 6. The van der Waals surface area contributed by atoms with Crippen molar-refractivity contribution in [2.45, 2.75) is 26.2 Å². The van der Waals surface area contributed by atoms with Gasteiger partial charge in [-0.05, 0) is 69.1 Å². The van der Waals surface area contributed by atoms with Crippen molar-refractivity contribution in [2.75, 3.05) is 38.6 Å². The Hall–Kier alpha value is -1.75. The van der Waals surface area contributed by atoms with Crippen LogP contribution in [0.3, 0.4) is 0 Å². The molecule has 0 aromatic heterocycles. The smallest absolute Gasteiger partial charge is 0.319 e. The molecular weight excluding hydrogens is 278 g/mol. The van der Waals surface area contributed by atoms with Crippen molar-refractivity contribution in [2.24, 2.45) is 5.92 Å². The van der Waals surface area contributed by atoms with Crippen LogP contribution in [0.25, 0.3) is 0 Å². The van der Waals surface area contributed by atoms with E-state index in [1.165, 1.54) is 25.9 Å². The molecule has 0 aliphatic carbocycles. The first kappa shape index (κ1) is 16.6. The topological polar surface area (TPSA) is 53.6 Å². The largest absolute Gasteiger partial charge is 0.497 e. The third-order valence-corrected chi connectivity index (χ3v) is 4.16. The van der Waals surface area contributed by atoms with Gasteiger partial charge >= 0.3 is 6.03 Å². The molecule has 1 aromatic rings. The van der Waals surface area contributed by atoms with Crippen LogP contribution in [-0.2, 0) is 0 Å². The lowest BCUT2D eigenvalue weighted by Gasteiger charge is -2.30. The summed E-state index contributed by atoms with van der Waals surface area (Å²) >= 11 is 0. The molecule has 1 aromatic carbocycles. The standard InChI is InChI=1S/C17H27N3O2/c1-14-8-12-20(13-9-14)11-3-10-18-17(21)19-15-4-6-16(22-2)7-5-15/h4-7,14H,3,8-13H2,1-2H3,(H2,18,19,21). The summed E-state index contributed by atoms with van der Waals surface area (Å²) in [5.41, 5.74) is 0.767. The Labute approximate surface area is 133 Å². The molecule has 0 bridgehead atoms. The summed E-state index contributed by atoms with van der Waals surface area (Å²) in [4.78, 5) is 14.3. The van der Waals surface area contributed by atoms with Gasteiger partial charge in [-0.25, -0.2) is 4.79 Å². The fourth-order valence-electron chi connectivity index (χ4n) is 2.64. The van der Waals surface area contributed by atoms with E-state index in [-0.39, 0.29) is 6.03 Å². The normalized spacial score (nSPS) is 16.3. The number of nitrogens with zero attached hydrogens (tertiary/aromatic N) is 1. The number of benzene rings is 1. The molecule has 1 aliphatic rings. The van der Waals surface area contributed by atoms with Crippen LogP contribution in [-0.4, -0.2) is 44.2 Å². The number of hydrogen-bond donors (Lipinski definition) is 2. The molecule has 0 radical (unpaired) electrons. The number of likely N-dealkylation sites (tertiary alicyclic amines) is 1. The molecule has 1 fully saturated rings. The molecule has 0 atom stereocenters. The van der Waals surface area contributed by atoms with Gasteiger partial charge in [0.1, 0.15) is 5.75 Å². The Kier molecular flexibility index (Phi) is 6.52. The number of carbonyl (C=O) groups excluding carboxylic acids is 1. The van der Waals surface area contributed by atoms with Crippen molar-refractivity contribution in [3.63, 3.8) is 0 Å². The van der Waals surface area contributed by atoms with Crippen molar-refractivity contribution in [1.82, 2.24) is 10.2 Å². The molecule has 1 aliphatic heterocycles. The Bertz CT molecular complexity index is 453. The Morgan fingerprint density at radius 2 is 1.95 bits per heavy atom. The number of methoxy groups -OCH3 is 1. The quantitative estimate of drug-likeness (QED) is 0.795. The van der Waals surface area contributed by atoms with Crippen molar-refractivity contribution < 1.29 is 9.53 Å². The first-order chi connectivity index (χ1) is 10.7. The minimum Gasteiger partial charge on any atom is -0.497 e.